The van der Waals surface area contributed by atoms with Gasteiger partial charge in [-0.1, -0.05) is 44.2 Å². The second kappa shape index (κ2) is 4.59. The van der Waals surface area contributed by atoms with E-state index < -0.39 is 6.10 Å². The molecule has 0 bridgehead atoms. The van der Waals surface area contributed by atoms with Crippen molar-refractivity contribution in [3.63, 3.8) is 0 Å². The van der Waals surface area contributed by atoms with Gasteiger partial charge in [-0.3, -0.25) is 4.79 Å². The quantitative estimate of drug-likeness (QED) is 0.824. The number of aliphatic hydroxyl groups is 1. The van der Waals surface area contributed by atoms with E-state index in [1.54, 1.807) is 0 Å². The number of nitrogens with two attached hydrogens (primary N) is 1. The molecule has 3 heteroatoms. The number of ketones is 1. The lowest BCUT2D eigenvalue weighted by molar-refractivity contribution is -0.112. The third-order valence-corrected chi connectivity index (χ3v) is 3.58. The van der Waals surface area contributed by atoms with Gasteiger partial charge in [0.25, 0.3) is 0 Å². The topological polar surface area (TPSA) is 63.3 Å². The number of carbonyl (C=O) groups excluding carboxylic acids is 1. The van der Waals surface area contributed by atoms with Gasteiger partial charge in [0.05, 0.1) is 17.9 Å². The van der Waals surface area contributed by atoms with Gasteiger partial charge in [0.2, 0.25) is 0 Å². The van der Waals surface area contributed by atoms with Crippen LogP contribution in [0.25, 0.3) is 0 Å². The fraction of sp³-hybridized carbons (Fsp3) is 0.500. The van der Waals surface area contributed by atoms with Crippen molar-refractivity contribution in [1.82, 2.24) is 0 Å². The molecule has 0 radical (unpaired) electrons. The summed E-state index contributed by atoms with van der Waals surface area (Å²) in [6, 6.07) is 9.26. The highest BCUT2D eigenvalue weighted by atomic mass is 16.3. The van der Waals surface area contributed by atoms with Crippen LogP contribution < -0.4 is 5.73 Å². The van der Waals surface area contributed by atoms with Gasteiger partial charge in [0, 0.05) is 6.04 Å². The zero-order chi connectivity index (χ0) is 12.6. The Balaban J connectivity index is 2.09. The standard InChI is InChI=1S/C14H19NO2/c1-8(2)12(15)14(17)11-10(13(11)16)9-6-4-3-5-7-9/h3-8,10-12,14,17H,15H2,1-2H3. The molecule has 0 saturated heterocycles. The molecule has 92 valence electrons. The van der Waals surface area contributed by atoms with Gasteiger partial charge in [-0.05, 0) is 11.5 Å². The Hall–Kier alpha value is -1.19. The number of hydrogen-bond donors (Lipinski definition) is 2. The Morgan fingerprint density at radius 2 is 1.82 bits per heavy atom. The molecule has 1 aliphatic rings. The minimum Gasteiger partial charge on any atom is -0.391 e. The molecule has 0 heterocycles. The van der Waals surface area contributed by atoms with Crippen LogP contribution in [0.5, 0.6) is 0 Å². The summed E-state index contributed by atoms with van der Waals surface area (Å²) in [5.74, 6) is -0.180. The lowest BCUT2D eigenvalue weighted by Crippen LogP contribution is -2.41. The van der Waals surface area contributed by atoms with E-state index in [4.69, 9.17) is 5.73 Å². The predicted molar refractivity (Wildman–Crippen MR) is 66.5 cm³/mol. The molecule has 1 saturated carbocycles. The Kier molecular flexibility index (Phi) is 3.31. The third kappa shape index (κ3) is 2.26. The number of rotatable bonds is 4. The molecule has 2 rings (SSSR count). The average Bonchev–Trinajstić information content (AvgIpc) is 3.00. The molecule has 1 aliphatic carbocycles. The maximum Gasteiger partial charge on any atom is 0.147 e. The van der Waals surface area contributed by atoms with Crippen molar-refractivity contribution in [3.05, 3.63) is 35.9 Å². The molecular weight excluding hydrogens is 214 g/mol. The summed E-state index contributed by atoms with van der Waals surface area (Å²) in [6.07, 6.45) is -0.729. The van der Waals surface area contributed by atoms with Gasteiger partial charge in [0.15, 0.2) is 0 Å². The van der Waals surface area contributed by atoms with E-state index in [1.807, 2.05) is 44.2 Å². The van der Waals surface area contributed by atoms with E-state index >= 15 is 0 Å². The maximum absolute atomic E-state index is 11.8. The van der Waals surface area contributed by atoms with Gasteiger partial charge >= 0.3 is 0 Å². The van der Waals surface area contributed by atoms with Gasteiger partial charge in [-0.25, -0.2) is 0 Å². The molecular formula is C14H19NO2. The SMILES string of the molecule is CC(C)C(N)C(O)C1C(=O)C1c1ccccc1. The lowest BCUT2D eigenvalue weighted by atomic mass is 9.94. The molecule has 3 N–H and O–H groups in total. The summed E-state index contributed by atoms with van der Waals surface area (Å²) < 4.78 is 0. The molecule has 1 aromatic carbocycles. The Bertz CT molecular complexity index is 402. The summed E-state index contributed by atoms with van der Waals surface area (Å²) in [4.78, 5) is 11.8. The van der Waals surface area contributed by atoms with E-state index in [1.165, 1.54) is 0 Å². The van der Waals surface area contributed by atoms with Crippen molar-refractivity contribution < 1.29 is 9.90 Å². The summed E-state index contributed by atoms with van der Waals surface area (Å²) >= 11 is 0. The Morgan fingerprint density at radius 3 is 2.35 bits per heavy atom. The summed E-state index contributed by atoms with van der Waals surface area (Å²) in [7, 11) is 0. The van der Waals surface area contributed by atoms with Crippen LogP contribution in [-0.2, 0) is 4.79 Å². The van der Waals surface area contributed by atoms with Crippen molar-refractivity contribution in [2.24, 2.45) is 17.6 Å². The van der Waals surface area contributed by atoms with E-state index in [0.717, 1.165) is 5.56 Å². The van der Waals surface area contributed by atoms with Crippen molar-refractivity contribution in [2.45, 2.75) is 31.9 Å². The van der Waals surface area contributed by atoms with Gasteiger partial charge in [0.1, 0.15) is 5.78 Å². The summed E-state index contributed by atoms with van der Waals surface area (Å²) in [5, 5.41) is 10.1. The van der Waals surface area contributed by atoms with Gasteiger partial charge < -0.3 is 10.8 Å². The zero-order valence-corrected chi connectivity index (χ0v) is 10.2. The first-order valence-electron chi connectivity index (χ1n) is 6.06. The molecule has 0 aliphatic heterocycles. The molecule has 0 amide bonds. The van der Waals surface area contributed by atoms with Crippen LogP contribution in [0.2, 0.25) is 0 Å². The van der Waals surface area contributed by atoms with Crippen LogP contribution in [0.3, 0.4) is 0 Å². The molecule has 1 fully saturated rings. The zero-order valence-electron chi connectivity index (χ0n) is 10.2. The van der Waals surface area contributed by atoms with E-state index in [9.17, 15) is 9.90 Å². The molecule has 17 heavy (non-hydrogen) atoms. The average molecular weight is 233 g/mol. The van der Waals surface area contributed by atoms with Crippen molar-refractivity contribution in [2.75, 3.05) is 0 Å². The monoisotopic (exact) mass is 233 g/mol. The number of aliphatic hydroxyl groups excluding tert-OH is 1. The van der Waals surface area contributed by atoms with Crippen LogP contribution in [0, 0.1) is 11.8 Å². The molecule has 1 aromatic rings. The fourth-order valence-corrected chi connectivity index (χ4v) is 2.29. The molecule has 0 spiro atoms. The number of Topliss-reactive ketones (excluding diaryl/α,β-unsaturated/α-hetero) is 1. The second-order valence-corrected chi connectivity index (χ2v) is 5.13. The first kappa shape index (κ1) is 12.3. The number of carbonyl (C=O) groups is 1. The van der Waals surface area contributed by atoms with Gasteiger partial charge in [-0.15, -0.1) is 0 Å². The first-order chi connectivity index (χ1) is 8.04. The van der Waals surface area contributed by atoms with Crippen LogP contribution in [0.1, 0.15) is 25.3 Å². The van der Waals surface area contributed by atoms with Crippen molar-refractivity contribution in [1.29, 1.82) is 0 Å². The molecule has 4 atom stereocenters. The first-order valence-corrected chi connectivity index (χ1v) is 6.06. The van der Waals surface area contributed by atoms with Crippen molar-refractivity contribution in [3.8, 4) is 0 Å². The predicted octanol–water partition coefficient (Wildman–Crippen LogP) is 1.31. The smallest absolute Gasteiger partial charge is 0.147 e. The highest BCUT2D eigenvalue weighted by Gasteiger charge is 2.55. The molecule has 0 aromatic heterocycles. The van der Waals surface area contributed by atoms with E-state index in [2.05, 4.69) is 0 Å². The highest BCUT2D eigenvalue weighted by Crippen LogP contribution is 2.46. The van der Waals surface area contributed by atoms with E-state index in [-0.39, 0.29) is 29.6 Å². The minimum absolute atomic E-state index is 0.111. The van der Waals surface area contributed by atoms with E-state index in [0.29, 0.717) is 0 Å². The number of benzene rings is 1. The highest BCUT2D eigenvalue weighted by molar-refractivity contribution is 6.05. The Labute approximate surface area is 102 Å². The lowest BCUT2D eigenvalue weighted by Gasteiger charge is -2.21. The maximum atomic E-state index is 11.8. The van der Waals surface area contributed by atoms with Gasteiger partial charge in [-0.2, -0.15) is 0 Å². The normalized spacial score (nSPS) is 27.0. The largest absolute Gasteiger partial charge is 0.391 e. The van der Waals surface area contributed by atoms with Crippen molar-refractivity contribution >= 4 is 5.78 Å². The van der Waals surface area contributed by atoms with Crippen LogP contribution in [0.15, 0.2) is 30.3 Å². The molecule has 3 nitrogen and oxygen atoms in total. The third-order valence-electron chi connectivity index (χ3n) is 3.58. The Morgan fingerprint density at radius 1 is 1.24 bits per heavy atom. The fourth-order valence-electron chi connectivity index (χ4n) is 2.29. The van der Waals surface area contributed by atoms with Crippen LogP contribution in [0.4, 0.5) is 0 Å². The summed E-state index contributed by atoms with van der Waals surface area (Å²) in [5.41, 5.74) is 6.89. The summed E-state index contributed by atoms with van der Waals surface area (Å²) in [6.45, 7) is 3.91. The molecule has 4 unspecified atom stereocenters. The number of hydrogen-bond acceptors (Lipinski definition) is 3. The minimum atomic E-state index is -0.729. The van der Waals surface area contributed by atoms with Crippen LogP contribution >= 0.6 is 0 Å². The van der Waals surface area contributed by atoms with Crippen LogP contribution in [-0.4, -0.2) is 23.0 Å². The second-order valence-electron chi connectivity index (χ2n) is 5.13.